The molecule has 2 bridgehead atoms. The molecule has 45 heavy (non-hydrogen) atoms. The molecule has 2 aromatic carbocycles. The van der Waals surface area contributed by atoms with Crippen LogP contribution in [0.3, 0.4) is 0 Å². The Labute approximate surface area is 266 Å². The molecule has 4 aromatic rings. The third-order valence-corrected chi connectivity index (χ3v) is 14.9. The van der Waals surface area contributed by atoms with E-state index < -0.39 is 14.1 Å². The van der Waals surface area contributed by atoms with Gasteiger partial charge in [-0.2, -0.15) is 9.97 Å². The molecule has 3 fully saturated rings. The van der Waals surface area contributed by atoms with Gasteiger partial charge in [0, 0.05) is 43.0 Å². The predicted octanol–water partition coefficient (Wildman–Crippen LogP) is 6.78. The molecule has 2 unspecified atom stereocenters. The van der Waals surface area contributed by atoms with Crippen molar-refractivity contribution in [3.8, 4) is 23.0 Å². The number of rotatable bonds is 7. The van der Waals surface area contributed by atoms with Crippen LogP contribution in [0.1, 0.15) is 46.5 Å². The van der Waals surface area contributed by atoms with Gasteiger partial charge in [-0.15, -0.1) is 0 Å². The van der Waals surface area contributed by atoms with Gasteiger partial charge in [0.15, 0.2) is 5.82 Å². The monoisotopic (exact) mass is 628 g/mol. The lowest BCUT2D eigenvalue weighted by atomic mass is 10.00. The summed E-state index contributed by atoms with van der Waals surface area (Å²) in [6, 6.07) is 13.4. The number of likely N-dealkylation sites (N-methyl/N-ethyl adjacent to an activating group) is 1. The number of aromatic nitrogens is 3. The molecule has 3 saturated heterocycles. The van der Waals surface area contributed by atoms with Gasteiger partial charge in [-0.05, 0) is 80.3 Å². The molecule has 238 valence electrons. The van der Waals surface area contributed by atoms with Gasteiger partial charge < -0.3 is 24.3 Å². The van der Waals surface area contributed by atoms with Gasteiger partial charge in [-0.1, -0.05) is 45.0 Å². The summed E-state index contributed by atoms with van der Waals surface area (Å²) in [4.78, 5) is 19.0. The Morgan fingerprint density at radius 2 is 1.78 bits per heavy atom. The number of piperazine rings is 1. The molecular weight excluding hydrogens is 584 g/mol. The standard InChI is InChI=1S/C35H45FN6O2Si/c1-35(2,3)45(5,6)44-26-16-22-10-7-8-12-27(22)28(17-26)31-30(36)32-29(18-37-31)33(42-19-23-13-14-24(20-42)38-23)40-34(39-32)43-21-25-11-9-15-41(25)4/h7-8,10,12,16-18,23-25,38H,9,11,13-15,19-21H2,1-6H3/t23?,24?,25-/m0/s1. The molecule has 0 radical (unpaired) electrons. The Morgan fingerprint density at radius 3 is 2.49 bits per heavy atom. The van der Waals surface area contributed by atoms with Crippen molar-refractivity contribution in [3.05, 3.63) is 48.4 Å². The zero-order valence-electron chi connectivity index (χ0n) is 27.4. The summed E-state index contributed by atoms with van der Waals surface area (Å²) in [5, 5.41) is 6.22. The number of anilines is 1. The largest absolute Gasteiger partial charge is 0.543 e. The molecule has 8 nitrogen and oxygen atoms in total. The fraction of sp³-hybridized carbons (Fsp3) is 0.514. The molecular formula is C35H45FN6O2Si. The highest BCUT2D eigenvalue weighted by molar-refractivity contribution is 6.74. The number of pyridine rings is 1. The van der Waals surface area contributed by atoms with Crippen LogP contribution in [-0.4, -0.2) is 79.6 Å². The van der Waals surface area contributed by atoms with Gasteiger partial charge in [0.1, 0.15) is 29.4 Å². The first-order chi connectivity index (χ1) is 21.5. The molecule has 0 spiro atoms. The van der Waals surface area contributed by atoms with Gasteiger partial charge in [0.05, 0.1) is 5.39 Å². The maximum absolute atomic E-state index is 17.0. The van der Waals surface area contributed by atoms with E-state index in [1.807, 2.05) is 30.3 Å². The number of likely N-dealkylation sites (tertiary alicyclic amines) is 1. The van der Waals surface area contributed by atoms with E-state index in [0.717, 1.165) is 61.8 Å². The molecule has 3 aliphatic rings. The van der Waals surface area contributed by atoms with Gasteiger partial charge in [0.2, 0.25) is 8.32 Å². The second-order valence-electron chi connectivity index (χ2n) is 14.7. The van der Waals surface area contributed by atoms with E-state index in [-0.39, 0.29) is 22.3 Å². The Balaban J connectivity index is 1.35. The SMILES string of the molecule is CN1CCC[C@H]1COc1nc(N2CC3CCC(C2)N3)c2cnc(-c3cc(O[Si](C)(C)C(C)(C)C)cc4ccccc34)c(F)c2n1. The van der Waals surface area contributed by atoms with E-state index in [0.29, 0.717) is 41.5 Å². The molecule has 3 atom stereocenters. The molecule has 0 saturated carbocycles. The van der Waals surface area contributed by atoms with Gasteiger partial charge in [-0.3, -0.25) is 4.98 Å². The summed E-state index contributed by atoms with van der Waals surface area (Å²) < 4.78 is 29.9. The maximum atomic E-state index is 17.0. The highest BCUT2D eigenvalue weighted by Crippen LogP contribution is 2.41. The third kappa shape index (κ3) is 5.77. The highest BCUT2D eigenvalue weighted by atomic mass is 28.4. The van der Waals surface area contributed by atoms with Crippen LogP contribution in [0.15, 0.2) is 42.6 Å². The molecule has 0 aliphatic carbocycles. The van der Waals surface area contributed by atoms with Crippen LogP contribution in [-0.2, 0) is 0 Å². The first-order valence-electron chi connectivity index (χ1n) is 16.4. The zero-order valence-corrected chi connectivity index (χ0v) is 28.4. The molecule has 0 amide bonds. The van der Waals surface area contributed by atoms with Gasteiger partial charge >= 0.3 is 6.01 Å². The van der Waals surface area contributed by atoms with Crippen molar-refractivity contribution < 1.29 is 13.6 Å². The highest BCUT2D eigenvalue weighted by Gasteiger charge is 2.39. The molecule has 10 heteroatoms. The van der Waals surface area contributed by atoms with Crippen molar-refractivity contribution in [1.29, 1.82) is 0 Å². The van der Waals surface area contributed by atoms with Crippen molar-refractivity contribution >= 4 is 35.8 Å². The number of halogens is 1. The van der Waals surface area contributed by atoms with E-state index in [2.05, 4.69) is 62.1 Å². The summed E-state index contributed by atoms with van der Waals surface area (Å²) in [7, 11) is -0.0255. The Bertz CT molecular complexity index is 1730. The number of fused-ring (bicyclic) bond motifs is 4. The van der Waals surface area contributed by atoms with Crippen LogP contribution >= 0.6 is 0 Å². The van der Waals surface area contributed by atoms with Gasteiger partial charge in [0.25, 0.3) is 0 Å². The summed E-state index contributed by atoms with van der Waals surface area (Å²) >= 11 is 0. The van der Waals surface area contributed by atoms with E-state index in [4.69, 9.17) is 24.1 Å². The van der Waals surface area contributed by atoms with Crippen LogP contribution in [0.25, 0.3) is 32.9 Å². The number of nitrogens with one attached hydrogen (secondary N) is 1. The average Bonchev–Trinajstić information content (AvgIpc) is 3.57. The molecule has 2 aromatic heterocycles. The first kappa shape index (κ1) is 30.3. The number of hydrogen-bond acceptors (Lipinski definition) is 8. The normalized spacial score (nSPS) is 22.5. The molecule has 3 aliphatic heterocycles. The Kier molecular flexibility index (Phi) is 7.73. The minimum atomic E-state index is -2.15. The van der Waals surface area contributed by atoms with Crippen molar-refractivity contribution in [2.75, 3.05) is 38.2 Å². The number of nitrogens with zero attached hydrogens (tertiary/aromatic N) is 5. The number of benzene rings is 2. The lowest BCUT2D eigenvalue weighted by Gasteiger charge is -2.36. The lowest BCUT2D eigenvalue weighted by Crippen LogP contribution is -2.51. The van der Waals surface area contributed by atoms with E-state index >= 15 is 4.39 Å². The fourth-order valence-electron chi connectivity index (χ4n) is 6.83. The summed E-state index contributed by atoms with van der Waals surface area (Å²) in [5.74, 6) is 0.971. The lowest BCUT2D eigenvalue weighted by molar-refractivity contribution is 0.188. The van der Waals surface area contributed by atoms with Crippen LogP contribution < -0.4 is 19.4 Å². The Hall–Kier alpha value is -3.34. The van der Waals surface area contributed by atoms with E-state index in [9.17, 15) is 0 Å². The third-order valence-electron chi connectivity index (χ3n) is 10.5. The number of hydrogen-bond donors (Lipinski definition) is 1. The first-order valence-corrected chi connectivity index (χ1v) is 19.3. The van der Waals surface area contributed by atoms with Crippen molar-refractivity contribution in [1.82, 2.24) is 25.2 Å². The molecule has 7 rings (SSSR count). The van der Waals surface area contributed by atoms with Gasteiger partial charge in [-0.25, -0.2) is 4.39 Å². The van der Waals surface area contributed by atoms with Crippen LogP contribution in [0.2, 0.25) is 18.1 Å². The molecule has 5 heterocycles. The fourth-order valence-corrected chi connectivity index (χ4v) is 7.84. The van der Waals surface area contributed by atoms with Crippen molar-refractivity contribution in [2.24, 2.45) is 0 Å². The Morgan fingerprint density at radius 1 is 1.02 bits per heavy atom. The van der Waals surface area contributed by atoms with Crippen molar-refractivity contribution in [3.63, 3.8) is 0 Å². The second kappa shape index (κ2) is 11.5. The summed E-state index contributed by atoms with van der Waals surface area (Å²) in [5.41, 5.74) is 1.19. The molecule has 1 N–H and O–H groups in total. The maximum Gasteiger partial charge on any atom is 0.319 e. The number of ether oxygens (including phenoxy) is 1. The minimum Gasteiger partial charge on any atom is -0.543 e. The minimum absolute atomic E-state index is 0.0196. The smallest absolute Gasteiger partial charge is 0.319 e. The van der Waals surface area contributed by atoms with Crippen LogP contribution in [0.5, 0.6) is 11.8 Å². The topological polar surface area (TPSA) is 75.6 Å². The van der Waals surface area contributed by atoms with E-state index in [1.54, 1.807) is 6.20 Å². The van der Waals surface area contributed by atoms with Crippen LogP contribution in [0, 0.1) is 5.82 Å². The van der Waals surface area contributed by atoms with E-state index in [1.165, 1.54) is 0 Å². The predicted molar refractivity (Wildman–Crippen MR) is 181 cm³/mol. The second-order valence-corrected chi connectivity index (χ2v) is 19.4. The van der Waals surface area contributed by atoms with Crippen molar-refractivity contribution in [2.45, 2.75) is 82.7 Å². The average molecular weight is 629 g/mol. The zero-order chi connectivity index (χ0) is 31.5. The summed E-state index contributed by atoms with van der Waals surface area (Å²) in [6.07, 6.45) is 6.24. The van der Waals surface area contributed by atoms with Crippen LogP contribution in [0.4, 0.5) is 10.2 Å². The quantitative estimate of drug-likeness (QED) is 0.225. The summed E-state index contributed by atoms with van der Waals surface area (Å²) in [6.45, 7) is 14.3.